The van der Waals surface area contributed by atoms with E-state index in [1.807, 2.05) is 0 Å². The van der Waals surface area contributed by atoms with Gasteiger partial charge in [-0.2, -0.15) is 0 Å². The van der Waals surface area contributed by atoms with E-state index in [1.165, 1.54) is 11.8 Å². The SMILES string of the molecule is CCN1CCN(Cc2ccc(CNC(=O)c3coc(CN)c3)cc2)CC1. The molecule has 1 aliphatic heterocycles. The van der Waals surface area contributed by atoms with Crippen LogP contribution in [-0.2, 0) is 19.6 Å². The Morgan fingerprint density at radius 1 is 1.12 bits per heavy atom. The van der Waals surface area contributed by atoms with Gasteiger partial charge >= 0.3 is 0 Å². The van der Waals surface area contributed by atoms with Gasteiger partial charge in [-0.05, 0) is 23.7 Å². The number of nitrogens with one attached hydrogen (secondary N) is 1. The van der Waals surface area contributed by atoms with Crippen molar-refractivity contribution < 1.29 is 9.21 Å². The largest absolute Gasteiger partial charge is 0.467 e. The fourth-order valence-electron chi connectivity index (χ4n) is 3.18. The summed E-state index contributed by atoms with van der Waals surface area (Å²) in [4.78, 5) is 17.1. The molecule has 140 valence electrons. The van der Waals surface area contributed by atoms with Crippen LogP contribution < -0.4 is 11.1 Å². The second-order valence-corrected chi connectivity index (χ2v) is 6.72. The van der Waals surface area contributed by atoms with Crippen molar-refractivity contribution in [3.63, 3.8) is 0 Å². The van der Waals surface area contributed by atoms with Crippen LogP contribution in [-0.4, -0.2) is 48.4 Å². The third-order valence-electron chi connectivity index (χ3n) is 4.91. The van der Waals surface area contributed by atoms with Gasteiger partial charge in [0.15, 0.2) is 0 Å². The zero-order valence-electron chi connectivity index (χ0n) is 15.4. The molecule has 3 rings (SSSR count). The van der Waals surface area contributed by atoms with Gasteiger partial charge in [0, 0.05) is 39.3 Å². The first-order valence-electron chi connectivity index (χ1n) is 9.26. The summed E-state index contributed by atoms with van der Waals surface area (Å²) in [6.45, 7) is 9.70. The van der Waals surface area contributed by atoms with Crippen LogP contribution in [0.3, 0.4) is 0 Å². The Balaban J connectivity index is 1.46. The van der Waals surface area contributed by atoms with Crippen molar-refractivity contribution in [3.05, 3.63) is 59.0 Å². The van der Waals surface area contributed by atoms with E-state index < -0.39 is 0 Å². The molecule has 0 unspecified atom stereocenters. The van der Waals surface area contributed by atoms with Crippen LogP contribution in [0.15, 0.2) is 41.0 Å². The highest BCUT2D eigenvalue weighted by atomic mass is 16.3. The minimum atomic E-state index is -0.147. The van der Waals surface area contributed by atoms with Gasteiger partial charge in [-0.15, -0.1) is 0 Å². The molecule has 0 atom stereocenters. The second kappa shape index (κ2) is 8.98. The minimum absolute atomic E-state index is 0.147. The highest BCUT2D eigenvalue weighted by molar-refractivity contribution is 5.93. The molecule has 1 aliphatic rings. The molecule has 0 radical (unpaired) electrons. The lowest BCUT2D eigenvalue weighted by Gasteiger charge is -2.34. The number of carbonyl (C=O) groups excluding carboxylic acids is 1. The van der Waals surface area contributed by atoms with Crippen molar-refractivity contribution in [2.75, 3.05) is 32.7 Å². The fraction of sp³-hybridized carbons (Fsp3) is 0.450. The van der Waals surface area contributed by atoms with E-state index in [1.54, 1.807) is 6.07 Å². The monoisotopic (exact) mass is 356 g/mol. The first-order chi connectivity index (χ1) is 12.7. The Kier molecular flexibility index (Phi) is 6.44. The average molecular weight is 356 g/mol. The number of piperazine rings is 1. The highest BCUT2D eigenvalue weighted by Gasteiger charge is 2.15. The Morgan fingerprint density at radius 3 is 2.38 bits per heavy atom. The van der Waals surface area contributed by atoms with Gasteiger partial charge in [-0.3, -0.25) is 9.69 Å². The number of hydrogen-bond acceptors (Lipinski definition) is 5. The van der Waals surface area contributed by atoms with E-state index in [9.17, 15) is 4.79 Å². The van der Waals surface area contributed by atoms with Gasteiger partial charge in [0.05, 0.1) is 12.1 Å². The Hall–Kier alpha value is -2.15. The lowest BCUT2D eigenvalue weighted by molar-refractivity contribution is 0.0950. The Bertz CT molecular complexity index is 703. The average Bonchev–Trinajstić information content (AvgIpc) is 3.17. The molecule has 2 heterocycles. The van der Waals surface area contributed by atoms with E-state index in [0.717, 1.165) is 44.8 Å². The third-order valence-corrected chi connectivity index (χ3v) is 4.91. The molecule has 0 saturated carbocycles. The maximum Gasteiger partial charge on any atom is 0.254 e. The standard InChI is InChI=1S/C20H28N4O2/c1-2-23-7-9-24(10-8-23)14-17-5-3-16(4-6-17)13-22-20(25)18-11-19(12-21)26-15-18/h3-6,11,15H,2,7-10,12-14,21H2,1H3,(H,22,25). The fourth-order valence-corrected chi connectivity index (χ4v) is 3.18. The number of amides is 1. The van der Waals surface area contributed by atoms with Crippen molar-refractivity contribution in [2.24, 2.45) is 5.73 Å². The summed E-state index contributed by atoms with van der Waals surface area (Å²) in [5, 5.41) is 2.91. The maximum absolute atomic E-state index is 12.1. The van der Waals surface area contributed by atoms with Crippen LogP contribution in [0.2, 0.25) is 0 Å². The molecule has 1 fully saturated rings. The predicted molar refractivity (Wildman–Crippen MR) is 102 cm³/mol. The summed E-state index contributed by atoms with van der Waals surface area (Å²) in [5.74, 6) is 0.464. The van der Waals surface area contributed by atoms with E-state index in [4.69, 9.17) is 10.2 Å². The van der Waals surface area contributed by atoms with E-state index in [0.29, 0.717) is 24.4 Å². The summed E-state index contributed by atoms with van der Waals surface area (Å²) in [6.07, 6.45) is 1.44. The summed E-state index contributed by atoms with van der Waals surface area (Å²) >= 11 is 0. The van der Waals surface area contributed by atoms with Crippen molar-refractivity contribution in [1.29, 1.82) is 0 Å². The molecule has 0 aliphatic carbocycles. The third kappa shape index (κ3) is 4.94. The van der Waals surface area contributed by atoms with Crippen molar-refractivity contribution >= 4 is 5.91 Å². The Morgan fingerprint density at radius 2 is 1.77 bits per heavy atom. The highest BCUT2D eigenvalue weighted by Crippen LogP contribution is 2.11. The minimum Gasteiger partial charge on any atom is -0.467 e. The molecule has 0 bridgehead atoms. The Labute approximate surface area is 154 Å². The topological polar surface area (TPSA) is 74.7 Å². The molecular formula is C20H28N4O2. The van der Waals surface area contributed by atoms with Crippen LogP contribution in [0.5, 0.6) is 0 Å². The first-order valence-corrected chi connectivity index (χ1v) is 9.26. The van der Waals surface area contributed by atoms with Crippen molar-refractivity contribution in [2.45, 2.75) is 26.6 Å². The molecule has 6 nitrogen and oxygen atoms in total. The summed E-state index contributed by atoms with van der Waals surface area (Å²) in [6, 6.07) is 10.1. The second-order valence-electron chi connectivity index (χ2n) is 6.72. The van der Waals surface area contributed by atoms with E-state index >= 15 is 0 Å². The number of benzene rings is 1. The summed E-state index contributed by atoms with van der Waals surface area (Å²) < 4.78 is 5.20. The van der Waals surface area contributed by atoms with E-state index in [2.05, 4.69) is 46.3 Å². The van der Waals surface area contributed by atoms with Gasteiger partial charge in [-0.25, -0.2) is 0 Å². The lowest BCUT2D eigenvalue weighted by atomic mass is 10.1. The number of nitrogens with two attached hydrogens (primary N) is 1. The number of hydrogen-bond donors (Lipinski definition) is 2. The zero-order valence-corrected chi connectivity index (χ0v) is 15.4. The maximum atomic E-state index is 12.1. The lowest BCUT2D eigenvalue weighted by Crippen LogP contribution is -2.45. The molecule has 1 amide bonds. The number of nitrogens with zero attached hydrogens (tertiary/aromatic N) is 2. The van der Waals surface area contributed by atoms with Crippen LogP contribution in [0.25, 0.3) is 0 Å². The molecule has 1 saturated heterocycles. The molecule has 2 aromatic rings. The van der Waals surface area contributed by atoms with Gasteiger partial charge in [0.1, 0.15) is 12.0 Å². The predicted octanol–water partition coefficient (Wildman–Crippen LogP) is 1.81. The van der Waals surface area contributed by atoms with Crippen LogP contribution in [0, 0.1) is 0 Å². The molecule has 1 aromatic heterocycles. The molecule has 0 spiro atoms. The number of likely N-dealkylation sites (N-methyl/N-ethyl adjacent to an activating group) is 1. The normalized spacial score (nSPS) is 15.9. The van der Waals surface area contributed by atoms with Gasteiger partial charge in [-0.1, -0.05) is 31.2 Å². The van der Waals surface area contributed by atoms with Gasteiger partial charge < -0.3 is 20.4 Å². The van der Waals surface area contributed by atoms with Gasteiger partial charge in [0.2, 0.25) is 0 Å². The number of carbonyl (C=O) groups is 1. The molecule has 3 N–H and O–H groups in total. The molecule has 26 heavy (non-hydrogen) atoms. The summed E-state index contributed by atoms with van der Waals surface area (Å²) in [5.41, 5.74) is 8.40. The molecule has 6 heteroatoms. The zero-order chi connectivity index (χ0) is 18.4. The molecular weight excluding hydrogens is 328 g/mol. The number of rotatable bonds is 7. The van der Waals surface area contributed by atoms with Crippen LogP contribution in [0.1, 0.15) is 34.2 Å². The van der Waals surface area contributed by atoms with Crippen molar-refractivity contribution in [3.8, 4) is 0 Å². The van der Waals surface area contributed by atoms with Crippen molar-refractivity contribution in [1.82, 2.24) is 15.1 Å². The molecule has 1 aromatic carbocycles. The smallest absolute Gasteiger partial charge is 0.254 e. The van der Waals surface area contributed by atoms with E-state index in [-0.39, 0.29) is 5.91 Å². The number of furan rings is 1. The van der Waals surface area contributed by atoms with Crippen LogP contribution in [0.4, 0.5) is 0 Å². The quantitative estimate of drug-likeness (QED) is 0.791. The first kappa shape index (κ1) is 18.6. The van der Waals surface area contributed by atoms with Crippen LogP contribution >= 0.6 is 0 Å². The van der Waals surface area contributed by atoms with Gasteiger partial charge in [0.25, 0.3) is 5.91 Å². The summed E-state index contributed by atoms with van der Waals surface area (Å²) in [7, 11) is 0.